The van der Waals surface area contributed by atoms with Gasteiger partial charge < -0.3 is 10.5 Å². The van der Waals surface area contributed by atoms with Gasteiger partial charge in [-0.15, -0.1) is 0 Å². The number of carbonyl (C=O) groups is 1. The lowest BCUT2D eigenvalue weighted by atomic mass is 10.1. The fourth-order valence-corrected chi connectivity index (χ4v) is 2.01. The third kappa shape index (κ3) is 1.78. The van der Waals surface area contributed by atoms with E-state index in [-0.39, 0.29) is 6.54 Å². The van der Waals surface area contributed by atoms with Gasteiger partial charge in [-0.2, -0.15) is 0 Å². The van der Waals surface area contributed by atoms with Crippen LogP contribution in [0.1, 0.15) is 5.56 Å². The lowest BCUT2D eigenvalue weighted by Gasteiger charge is -2.17. The summed E-state index contributed by atoms with van der Waals surface area (Å²) < 4.78 is 18.9. The lowest BCUT2D eigenvalue weighted by molar-refractivity contribution is 0.181. The van der Waals surface area contributed by atoms with E-state index in [2.05, 4.69) is 15.9 Å². The fraction of sp³-hybridized carbons (Fsp3) is 0.300. The predicted octanol–water partition coefficient (Wildman–Crippen LogP) is 2.00. The maximum absolute atomic E-state index is 13.7. The molecular formula is C10H10BrFN2O2. The van der Waals surface area contributed by atoms with Crippen molar-refractivity contribution in [2.75, 3.05) is 18.1 Å². The Labute approximate surface area is 100 Å². The molecule has 1 aliphatic heterocycles. The molecule has 0 spiro atoms. The smallest absolute Gasteiger partial charge is 0.414 e. The third-order valence-electron chi connectivity index (χ3n) is 2.43. The van der Waals surface area contributed by atoms with E-state index in [1.807, 2.05) is 0 Å². The number of benzene rings is 1. The van der Waals surface area contributed by atoms with Crippen molar-refractivity contribution in [1.29, 1.82) is 0 Å². The summed E-state index contributed by atoms with van der Waals surface area (Å²) in [5.74, 6) is -0.431. The van der Waals surface area contributed by atoms with Crippen LogP contribution >= 0.6 is 15.9 Å². The minimum absolute atomic E-state index is 0.0321. The molecule has 1 aromatic rings. The average Bonchev–Trinajstić information content (AvgIpc) is 2.68. The van der Waals surface area contributed by atoms with Crippen LogP contribution in [0.2, 0.25) is 0 Å². The number of hydrogen-bond donors (Lipinski definition) is 1. The average molecular weight is 289 g/mol. The number of cyclic esters (lactones) is 1. The maximum atomic E-state index is 13.7. The van der Waals surface area contributed by atoms with Crippen LogP contribution in [-0.2, 0) is 11.3 Å². The molecule has 0 unspecified atom stereocenters. The molecule has 1 saturated heterocycles. The second-order valence-corrected chi connectivity index (χ2v) is 4.18. The summed E-state index contributed by atoms with van der Waals surface area (Å²) >= 11 is 3.08. The molecular weight excluding hydrogens is 279 g/mol. The molecule has 2 N–H and O–H groups in total. The van der Waals surface area contributed by atoms with E-state index in [1.165, 1.54) is 4.90 Å². The molecule has 1 amide bonds. The zero-order valence-corrected chi connectivity index (χ0v) is 9.96. The summed E-state index contributed by atoms with van der Waals surface area (Å²) in [6.07, 6.45) is -0.462. The fourth-order valence-electron chi connectivity index (χ4n) is 1.64. The SMILES string of the molecule is NCc1c(N2CCOC2=O)ccc(Br)c1F. The van der Waals surface area contributed by atoms with Crippen LogP contribution in [0.25, 0.3) is 0 Å². The van der Waals surface area contributed by atoms with E-state index in [9.17, 15) is 9.18 Å². The van der Waals surface area contributed by atoms with Crippen molar-refractivity contribution in [3.05, 3.63) is 28.0 Å². The molecule has 1 aromatic carbocycles. The Morgan fingerprint density at radius 2 is 2.31 bits per heavy atom. The Morgan fingerprint density at radius 1 is 1.56 bits per heavy atom. The number of hydrogen-bond acceptors (Lipinski definition) is 3. The van der Waals surface area contributed by atoms with Crippen LogP contribution in [0.5, 0.6) is 0 Å². The third-order valence-corrected chi connectivity index (χ3v) is 3.04. The summed E-state index contributed by atoms with van der Waals surface area (Å²) in [6, 6.07) is 3.21. The molecule has 0 atom stereocenters. The van der Waals surface area contributed by atoms with Crippen LogP contribution in [0.4, 0.5) is 14.9 Å². The zero-order chi connectivity index (χ0) is 11.7. The van der Waals surface area contributed by atoms with Crippen molar-refractivity contribution in [3.63, 3.8) is 0 Å². The Morgan fingerprint density at radius 3 is 2.88 bits per heavy atom. The summed E-state index contributed by atoms with van der Waals surface area (Å²) in [7, 11) is 0. The number of rotatable bonds is 2. The van der Waals surface area contributed by atoms with Gasteiger partial charge in [0.25, 0.3) is 0 Å². The molecule has 16 heavy (non-hydrogen) atoms. The molecule has 0 aliphatic carbocycles. The summed E-state index contributed by atoms with van der Waals surface area (Å²) in [5, 5.41) is 0. The van der Waals surface area contributed by atoms with Gasteiger partial charge in [-0.25, -0.2) is 9.18 Å². The van der Waals surface area contributed by atoms with Crippen molar-refractivity contribution in [3.8, 4) is 0 Å². The minimum Gasteiger partial charge on any atom is -0.447 e. The quantitative estimate of drug-likeness (QED) is 0.906. The standard InChI is InChI=1S/C10H10BrFN2O2/c11-7-1-2-8(6(5-13)9(7)12)14-3-4-16-10(14)15/h1-2H,3-5,13H2. The van der Waals surface area contributed by atoms with Crippen LogP contribution < -0.4 is 10.6 Å². The van der Waals surface area contributed by atoms with Gasteiger partial charge in [-0.3, -0.25) is 4.90 Å². The van der Waals surface area contributed by atoms with Crippen LogP contribution in [0.3, 0.4) is 0 Å². The van der Waals surface area contributed by atoms with Gasteiger partial charge in [0.1, 0.15) is 12.4 Å². The largest absolute Gasteiger partial charge is 0.447 e. The number of nitrogens with zero attached hydrogens (tertiary/aromatic N) is 1. The molecule has 2 rings (SSSR count). The monoisotopic (exact) mass is 288 g/mol. The highest BCUT2D eigenvalue weighted by Gasteiger charge is 2.26. The number of ether oxygens (including phenoxy) is 1. The van der Waals surface area contributed by atoms with E-state index >= 15 is 0 Å². The van der Waals surface area contributed by atoms with Crippen LogP contribution in [0.15, 0.2) is 16.6 Å². The Balaban J connectivity index is 2.48. The maximum Gasteiger partial charge on any atom is 0.414 e. The molecule has 1 aliphatic rings. The number of carbonyl (C=O) groups excluding carboxylic acids is 1. The Kier molecular flexibility index (Phi) is 3.11. The van der Waals surface area contributed by atoms with E-state index in [4.69, 9.17) is 10.5 Å². The molecule has 0 radical (unpaired) electrons. The first-order chi connectivity index (χ1) is 7.65. The summed E-state index contributed by atoms with van der Waals surface area (Å²) in [5.41, 5.74) is 6.28. The highest BCUT2D eigenvalue weighted by atomic mass is 79.9. The molecule has 0 saturated carbocycles. The normalized spacial score (nSPS) is 15.4. The van der Waals surface area contributed by atoms with Gasteiger partial charge in [0.15, 0.2) is 0 Å². The van der Waals surface area contributed by atoms with Crippen molar-refractivity contribution >= 4 is 27.7 Å². The van der Waals surface area contributed by atoms with E-state index in [0.717, 1.165) is 0 Å². The van der Waals surface area contributed by atoms with Gasteiger partial charge in [-0.05, 0) is 28.1 Å². The first kappa shape index (κ1) is 11.3. The van der Waals surface area contributed by atoms with Crippen molar-refractivity contribution in [2.45, 2.75) is 6.54 Å². The van der Waals surface area contributed by atoms with Crippen molar-refractivity contribution < 1.29 is 13.9 Å². The van der Waals surface area contributed by atoms with Crippen LogP contribution in [-0.4, -0.2) is 19.2 Å². The molecule has 6 heteroatoms. The first-order valence-corrected chi connectivity index (χ1v) is 5.55. The zero-order valence-electron chi connectivity index (χ0n) is 8.37. The van der Waals surface area contributed by atoms with Crippen molar-refractivity contribution in [1.82, 2.24) is 0 Å². The Bertz CT molecular complexity index is 439. The minimum atomic E-state index is -0.462. The molecule has 0 aromatic heterocycles. The number of halogens is 2. The second kappa shape index (κ2) is 4.39. The predicted molar refractivity (Wildman–Crippen MR) is 60.7 cm³/mol. The summed E-state index contributed by atoms with van der Waals surface area (Å²) in [4.78, 5) is 12.8. The lowest BCUT2D eigenvalue weighted by Crippen LogP contribution is -2.25. The van der Waals surface area contributed by atoms with Gasteiger partial charge in [0.2, 0.25) is 0 Å². The second-order valence-electron chi connectivity index (χ2n) is 3.33. The topological polar surface area (TPSA) is 55.6 Å². The first-order valence-electron chi connectivity index (χ1n) is 4.76. The molecule has 1 fully saturated rings. The number of anilines is 1. The van der Waals surface area contributed by atoms with E-state index < -0.39 is 11.9 Å². The van der Waals surface area contributed by atoms with Gasteiger partial charge in [-0.1, -0.05) is 0 Å². The number of nitrogens with two attached hydrogens (primary N) is 1. The summed E-state index contributed by atoms with van der Waals surface area (Å²) in [6.45, 7) is 0.776. The van der Waals surface area contributed by atoms with Gasteiger partial charge in [0, 0.05) is 12.1 Å². The van der Waals surface area contributed by atoms with E-state index in [1.54, 1.807) is 12.1 Å². The van der Waals surface area contributed by atoms with E-state index in [0.29, 0.717) is 28.9 Å². The van der Waals surface area contributed by atoms with Crippen LogP contribution in [0, 0.1) is 5.82 Å². The molecule has 1 heterocycles. The molecule has 0 bridgehead atoms. The van der Waals surface area contributed by atoms with Gasteiger partial charge in [0.05, 0.1) is 16.7 Å². The number of amides is 1. The highest BCUT2D eigenvalue weighted by molar-refractivity contribution is 9.10. The van der Waals surface area contributed by atoms with Gasteiger partial charge >= 0.3 is 6.09 Å². The Hall–Kier alpha value is -1.14. The highest BCUT2D eigenvalue weighted by Crippen LogP contribution is 2.29. The molecule has 86 valence electrons. The van der Waals surface area contributed by atoms with Crippen molar-refractivity contribution in [2.24, 2.45) is 5.73 Å². The molecule has 4 nitrogen and oxygen atoms in total.